The zero-order chi connectivity index (χ0) is 28.7. The van der Waals surface area contributed by atoms with Crippen molar-refractivity contribution in [2.24, 2.45) is 0 Å². The minimum atomic E-state index is -0.637. The number of likely N-dealkylation sites (tertiary alicyclic amines) is 1. The quantitative estimate of drug-likeness (QED) is 0.331. The minimum absolute atomic E-state index is 0.0599. The molecule has 1 aromatic carbocycles. The number of aromatic amines is 1. The minimum Gasteiger partial charge on any atom is -0.343 e. The lowest BCUT2D eigenvalue weighted by atomic mass is 10.0. The zero-order valence-corrected chi connectivity index (χ0v) is 22.5. The molecule has 0 bridgehead atoms. The molecule has 0 aliphatic carbocycles. The van der Waals surface area contributed by atoms with Crippen LogP contribution >= 0.6 is 23.2 Å². The Morgan fingerprint density at radius 3 is 2.46 bits per heavy atom. The van der Waals surface area contributed by atoms with Gasteiger partial charge in [-0.2, -0.15) is 0 Å². The number of amides is 3. The van der Waals surface area contributed by atoms with Crippen molar-refractivity contribution < 1.29 is 18.9 Å². The second kappa shape index (κ2) is 13.2. The molecule has 11 nitrogen and oxygen atoms in total. The first-order valence-electron chi connectivity index (χ1n) is 11.7. The van der Waals surface area contributed by atoms with Gasteiger partial charge in [-0.25, -0.2) is 9.18 Å². The van der Waals surface area contributed by atoms with Crippen LogP contribution in [0, 0.1) is 15.9 Å². The summed E-state index contributed by atoms with van der Waals surface area (Å²) in [7, 11) is 1.74. The van der Waals surface area contributed by atoms with Gasteiger partial charge in [0.05, 0.1) is 33.7 Å². The van der Waals surface area contributed by atoms with Gasteiger partial charge in [0.1, 0.15) is 10.8 Å². The van der Waals surface area contributed by atoms with Crippen LogP contribution in [0.1, 0.15) is 19.8 Å². The molecule has 206 valence electrons. The first-order valence-corrected chi connectivity index (χ1v) is 12.4. The van der Waals surface area contributed by atoms with E-state index in [0.29, 0.717) is 35.1 Å². The van der Waals surface area contributed by atoms with E-state index in [2.05, 4.69) is 15.3 Å². The number of nitro groups is 1. The van der Waals surface area contributed by atoms with Crippen molar-refractivity contribution in [3.05, 3.63) is 85.1 Å². The van der Waals surface area contributed by atoms with Crippen molar-refractivity contribution in [2.45, 2.75) is 25.8 Å². The maximum absolute atomic E-state index is 13.4. The van der Waals surface area contributed by atoms with Crippen LogP contribution in [0.2, 0.25) is 10.0 Å². The third-order valence-electron chi connectivity index (χ3n) is 6.02. The molecule has 2 N–H and O–H groups in total. The van der Waals surface area contributed by atoms with E-state index in [-0.39, 0.29) is 34.5 Å². The summed E-state index contributed by atoms with van der Waals surface area (Å²) < 4.78 is 13.4. The fraction of sp³-hybridized carbons (Fsp3) is 0.280. The first kappa shape index (κ1) is 29.5. The molecule has 0 saturated carbocycles. The van der Waals surface area contributed by atoms with E-state index in [0.717, 1.165) is 25.1 Å². The molecule has 4 rings (SSSR count). The smallest absolute Gasteiger partial charge is 0.321 e. The molecule has 0 spiro atoms. The molecule has 2 aromatic heterocycles. The molecular formula is C25H25Cl2FN6O5. The molecule has 39 heavy (non-hydrogen) atoms. The van der Waals surface area contributed by atoms with E-state index in [1.54, 1.807) is 42.0 Å². The highest BCUT2D eigenvalue weighted by Crippen LogP contribution is 2.28. The molecule has 3 amide bonds. The number of benzene rings is 1. The Balaban J connectivity index is 0.000000320. The van der Waals surface area contributed by atoms with Gasteiger partial charge in [-0.15, -0.1) is 0 Å². The average Bonchev–Trinajstić information content (AvgIpc) is 2.90. The van der Waals surface area contributed by atoms with Gasteiger partial charge in [0.15, 0.2) is 0 Å². The van der Waals surface area contributed by atoms with Gasteiger partial charge in [0.25, 0.3) is 11.2 Å². The Morgan fingerprint density at radius 1 is 1.21 bits per heavy atom. The van der Waals surface area contributed by atoms with E-state index < -0.39 is 10.5 Å². The summed E-state index contributed by atoms with van der Waals surface area (Å²) in [5.74, 6) is -0.310. The first-order chi connectivity index (χ1) is 18.5. The summed E-state index contributed by atoms with van der Waals surface area (Å²) in [5, 5.41) is 13.0. The monoisotopic (exact) mass is 578 g/mol. The normalized spacial score (nSPS) is 13.2. The second-order valence-electron chi connectivity index (χ2n) is 8.64. The van der Waals surface area contributed by atoms with Gasteiger partial charge in [0, 0.05) is 44.7 Å². The average molecular weight is 579 g/mol. The molecule has 1 saturated heterocycles. The van der Waals surface area contributed by atoms with Crippen LogP contribution in [0.15, 0.2) is 53.6 Å². The van der Waals surface area contributed by atoms with Gasteiger partial charge >= 0.3 is 6.03 Å². The third-order valence-corrected chi connectivity index (χ3v) is 6.59. The maximum Gasteiger partial charge on any atom is 0.321 e. The Morgan fingerprint density at radius 2 is 1.90 bits per heavy atom. The molecule has 3 aromatic rings. The van der Waals surface area contributed by atoms with Gasteiger partial charge in [-0.05, 0) is 31.0 Å². The lowest BCUT2D eigenvalue weighted by Gasteiger charge is -2.36. The topological polar surface area (TPSA) is 142 Å². The number of hydrogen-bond donors (Lipinski definition) is 2. The van der Waals surface area contributed by atoms with Crippen molar-refractivity contribution in [1.29, 1.82) is 0 Å². The third kappa shape index (κ3) is 7.98. The highest BCUT2D eigenvalue weighted by molar-refractivity contribution is 6.33. The number of carbonyl (C=O) groups excluding carboxylic acids is 2. The summed E-state index contributed by atoms with van der Waals surface area (Å²) in [6, 6.07) is 8.40. The standard InChI is InChI=1S/C20H22ClFN4O2.C5H3ClN2O3/c1-13(27)26-8-6-17(7-9-26)25(2)20(28)24-16-11-18(21)19(23-12-16)14-4-3-5-15(22)10-14;6-4-1-3(8(10)11)2-7-5(4)9/h3-5,10-12,17H,6-9H2,1-2H3,(H,24,28);1-2H,(H,7,9). The van der Waals surface area contributed by atoms with Crippen molar-refractivity contribution in [2.75, 3.05) is 25.5 Å². The van der Waals surface area contributed by atoms with Gasteiger partial charge in [-0.1, -0.05) is 35.3 Å². The number of piperidine rings is 1. The van der Waals surface area contributed by atoms with Gasteiger partial charge in [0.2, 0.25) is 5.91 Å². The van der Waals surface area contributed by atoms with Crippen LogP contribution in [-0.4, -0.2) is 62.8 Å². The Hall–Kier alpha value is -4.03. The summed E-state index contributed by atoms with van der Waals surface area (Å²) in [6.07, 6.45) is 3.96. The van der Waals surface area contributed by atoms with Crippen LogP contribution in [0.5, 0.6) is 0 Å². The predicted octanol–water partition coefficient (Wildman–Crippen LogP) is 4.95. The molecule has 1 aliphatic rings. The molecular weight excluding hydrogens is 554 g/mol. The lowest BCUT2D eigenvalue weighted by molar-refractivity contribution is -0.385. The number of H-pyrrole nitrogens is 1. The fourth-order valence-corrected chi connectivity index (χ4v) is 4.29. The zero-order valence-electron chi connectivity index (χ0n) is 21.0. The maximum atomic E-state index is 13.4. The van der Waals surface area contributed by atoms with Gasteiger partial charge < -0.3 is 20.1 Å². The lowest BCUT2D eigenvalue weighted by Crippen LogP contribution is -2.47. The number of nitrogens with zero attached hydrogens (tertiary/aromatic N) is 4. The number of anilines is 1. The number of carbonyl (C=O) groups is 2. The summed E-state index contributed by atoms with van der Waals surface area (Å²) >= 11 is 11.6. The van der Waals surface area contributed by atoms with Crippen LogP contribution in [-0.2, 0) is 4.79 Å². The molecule has 14 heteroatoms. The van der Waals surface area contributed by atoms with Gasteiger partial charge in [-0.3, -0.25) is 24.7 Å². The van der Waals surface area contributed by atoms with Crippen molar-refractivity contribution >= 4 is 46.5 Å². The van der Waals surface area contributed by atoms with E-state index in [1.807, 2.05) is 0 Å². The second-order valence-corrected chi connectivity index (χ2v) is 9.45. The molecule has 1 fully saturated rings. The summed E-state index contributed by atoms with van der Waals surface area (Å²) in [4.78, 5) is 53.8. The molecule has 0 unspecified atom stereocenters. The van der Waals surface area contributed by atoms with Crippen LogP contribution < -0.4 is 10.9 Å². The number of halogens is 3. The number of hydrogen-bond acceptors (Lipinski definition) is 6. The Kier molecular flexibility index (Phi) is 9.96. The Bertz CT molecular complexity index is 1430. The Labute approximate surface area is 232 Å². The highest BCUT2D eigenvalue weighted by Gasteiger charge is 2.26. The molecule has 0 atom stereocenters. The van der Waals surface area contributed by atoms with Crippen molar-refractivity contribution in [1.82, 2.24) is 19.8 Å². The number of pyridine rings is 2. The van der Waals surface area contributed by atoms with Crippen LogP contribution in [0.25, 0.3) is 11.3 Å². The van der Waals surface area contributed by atoms with Crippen LogP contribution in [0.4, 0.5) is 20.6 Å². The largest absolute Gasteiger partial charge is 0.343 e. The summed E-state index contributed by atoms with van der Waals surface area (Å²) in [6.45, 7) is 2.85. The predicted molar refractivity (Wildman–Crippen MR) is 145 cm³/mol. The number of nitrogens with one attached hydrogen (secondary N) is 2. The number of aromatic nitrogens is 2. The highest BCUT2D eigenvalue weighted by atomic mass is 35.5. The molecule has 1 aliphatic heterocycles. The van der Waals surface area contributed by atoms with E-state index in [9.17, 15) is 28.9 Å². The van der Waals surface area contributed by atoms with E-state index in [1.165, 1.54) is 18.3 Å². The summed E-state index contributed by atoms with van der Waals surface area (Å²) in [5.41, 5.74) is 0.719. The van der Waals surface area contributed by atoms with Crippen molar-refractivity contribution in [3.63, 3.8) is 0 Å². The molecule has 0 radical (unpaired) electrons. The van der Waals surface area contributed by atoms with E-state index >= 15 is 0 Å². The van der Waals surface area contributed by atoms with E-state index in [4.69, 9.17) is 23.2 Å². The van der Waals surface area contributed by atoms with Crippen LogP contribution in [0.3, 0.4) is 0 Å². The number of rotatable bonds is 4. The fourth-order valence-electron chi connectivity index (χ4n) is 3.85. The SMILES string of the molecule is CC(=O)N1CCC(N(C)C(=O)Nc2cnc(-c3cccc(F)c3)c(Cl)c2)CC1.O=c1[nH]cc([N+](=O)[O-])cc1Cl. The van der Waals surface area contributed by atoms with Crippen molar-refractivity contribution in [3.8, 4) is 11.3 Å². The molecule has 3 heterocycles. The number of urea groups is 1.